The van der Waals surface area contributed by atoms with Crippen LogP contribution in [0, 0.1) is 12.7 Å². The summed E-state index contributed by atoms with van der Waals surface area (Å²) >= 11 is 0. The normalized spacial score (nSPS) is 10.6. The van der Waals surface area contributed by atoms with E-state index < -0.39 is 17.6 Å². The van der Waals surface area contributed by atoms with Gasteiger partial charge in [0, 0.05) is 18.0 Å². The van der Waals surface area contributed by atoms with Gasteiger partial charge in [-0.05, 0) is 31.2 Å². The van der Waals surface area contributed by atoms with Crippen molar-refractivity contribution in [1.29, 1.82) is 0 Å². The molecule has 0 atom stereocenters. The molecule has 3 rings (SSSR count). The second-order valence-electron chi connectivity index (χ2n) is 6.02. The number of rotatable bonds is 4. The average molecular weight is 368 g/mol. The van der Waals surface area contributed by atoms with E-state index in [2.05, 4.69) is 15.7 Å². The molecule has 7 nitrogen and oxygen atoms in total. The molecule has 0 fully saturated rings. The summed E-state index contributed by atoms with van der Waals surface area (Å²) in [7, 11) is 0. The first-order valence-electron chi connectivity index (χ1n) is 8.18. The summed E-state index contributed by atoms with van der Waals surface area (Å²) in [6.07, 6.45) is 0. The first-order valence-corrected chi connectivity index (χ1v) is 8.18. The van der Waals surface area contributed by atoms with Gasteiger partial charge in [-0.3, -0.25) is 14.4 Å². The number of carbonyl (C=O) groups is 2. The van der Waals surface area contributed by atoms with Crippen molar-refractivity contribution in [2.75, 3.05) is 10.6 Å². The summed E-state index contributed by atoms with van der Waals surface area (Å²) in [6.45, 7) is 2.72. The molecule has 0 aliphatic rings. The summed E-state index contributed by atoms with van der Waals surface area (Å²) in [4.78, 5) is 35.9. The van der Waals surface area contributed by atoms with Crippen molar-refractivity contribution < 1.29 is 14.0 Å². The zero-order valence-electron chi connectivity index (χ0n) is 14.7. The lowest BCUT2D eigenvalue weighted by Crippen LogP contribution is -2.30. The highest BCUT2D eigenvalue weighted by Crippen LogP contribution is 2.19. The van der Waals surface area contributed by atoms with E-state index in [1.54, 1.807) is 25.1 Å². The van der Waals surface area contributed by atoms with Crippen molar-refractivity contribution >= 4 is 34.0 Å². The summed E-state index contributed by atoms with van der Waals surface area (Å²) in [5.74, 6) is -1.55. The van der Waals surface area contributed by atoms with Crippen LogP contribution in [0.5, 0.6) is 0 Å². The van der Waals surface area contributed by atoms with Crippen LogP contribution in [-0.4, -0.2) is 21.6 Å². The minimum absolute atomic E-state index is 0.0443. The molecule has 0 saturated heterocycles. The number of carbonyl (C=O) groups excluding carboxylic acids is 2. The molecule has 2 amide bonds. The summed E-state index contributed by atoms with van der Waals surface area (Å²) in [6, 6.07) is 10.8. The topological polar surface area (TPSA) is 93.1 Å². The van der Waals surface area contributed by atoms with Gasteiger partial charge in [0.15, 0.2) is 0 Å². The van der Waals surface area contributed by atoms with E-state index in [0.717, 1.165) is 16.1 Å². The number of aryl methyl sites for hydroxylation is 1. The first-order chi connectivity index (χ1) is 12.8. The molecule has 0 spiro atoms. The standard InChI is InChI=1S/C19H17FN4O3/c1-11-14-5-3-4-6-15(14)19(27)24(23-11)10-18(26)22-13-7-8-16(20)17(9-13)21-12(2)25/h3-9H,10H2,1-2H3,(H,21,25)(H,22,26). The van der Waals surface area contributed by atoms with Crippen molar-refractivity contribution in [2.24, 2.45) is 0 Å². The monoisotopic (exact) mass is 368 g/mol. The van der Waals surface area contributed by atoms with Gasteiger partial charge in [-0.1, -0.05) is 18.2 Å². The lowest BCUT2D eigenvalue weighted by atomic mass is 10.1. The molecule has 1 heterocycles. The van der Waals surface area contributed by atoms with Gasteiger partial charge < -0.3 is 10.6 Å². The third-order valence-corrected chi connectivity index (χ3v) is 3.91. The molecule has 0 bridgehead atoms. The number of aromatic nitrogens is 2. The Kier molecular flexibility index (Phi) is 4.98. The van der Waals surface area contributed by atoms with Crippen LogP contribution in [0.1, 0.15) is 12.6 Å². The number of benzene rings is 2. The molecule has 8 heteroatoms. The number of hydrogen-bond donors (Lipinski definition) is 2. The predicted octanol–water partition coefficient (Wildman–Crippen LogP) is 2.44. The maximum atomic E-state index is 13.7. The molecule has 2 N–H and O–H groups in total. The van der Waals surface area contributed by atoms with Crippen molar-refractivity contribution in [3.8, 4) is 0 Å². The maximum absolute atomic E-state index is 13.7. The Balaban J connectivity index is 1.83. The third kappa shape index (κ3) is 4.00. The predicted molar refractivity (Wildman–Crippen MR) is 100 cm³/mol. The number of anilines is 2. The van der Waals surface area contributed by atoms with E-state index in [1.165, 1.54) is 19.1 Å². The van der Waals surface area contributed by atoms with Crippen LogP contribution in [0.15, 0.2) is 47.3 Å². The van der Waals surface area contributed by atoms with E-state index in [1.807, 2.05) is 6.07 Å². The van der Waals surface area contributed by atoms with Gasteiger partial charge in [-0.25, -0.2) is 9.07 Å². The molecule has 0 aliphatic carbocycles. The summed E-state index contributed by atoms with van der Waals surface area (Å²) < 4.78 is 14.8. The van der Waals surface area contributed by atoms with Gasteiger partial charge in [-0.2, -0.15) is 5.10 Å². The molecule has 138 valence electrons. The first kappa shape index (κ1) is 18.2. The van der Waals surface area contributed by atoms with Gasteiger partial charge >= 0.3 is 0 Å². The number of fused-ring (bicyclic) bond motifs is 1. The highest BCUT2D eigenvalue weighted by Gasteiger charge is 2.12. The lowest BCUT2D eigenvalue weighted by molar-refractivity contribution is -0.117. The van der Waals surface area contributed by atoms with E-state index in [9.17, 15) is 18.8 Å². The molecular formula is C19H17FN4O3. The molecule has 2 aromatic carbocycles. The number of nitrogens with zero attached hydrogens (tertiary/aromatic N) is 2. The Bertz CT molecular complexity index is 1110. The van der Waals surface area contributed by atoms with E-state index in [-0.39, 0.29) is 23.5 Å². The SMILES string of the molecule is CC(=O)Nc1cc(NC(=O)Cn2nc(C)c3ccccc3c2=O)ccc1F. The minimum Gasteiger partial charge on any atom is -0.324 e. The minimum atomic E-state index is -0.619. The van der Waals surface area contributed by atoms with E-state index in [0.29, 0.717) is 11.1 Å². The van der Waals surface area contributed by atoms with Crippen LogP contribution < -0.4 is 16.2 Å². The second kappa shape index (κ2) is 7.36. The largest absolute Gasteiger partial charge is 0.324 e. The smallest absolute Gasteiger partial charge is 0.275 e. The van der Waals surface area contributed by atoms with Crippen molar-refractivity contribution in [3.05, 3.63) is 64.3 Å². The molecule has 0 aliphatic heterocycles. The zero-order chi connectivity index (χ0) is 19.6. The van der Waals surface area contributed by atoms with Crippen molar-refractivity contribution in [3.63, 3.8) is 0 Å². The van der Waals surface area contributed by atoms with Gasteiger partial charge in [0.2, 0.25) is 11.8 Å². The zero-order valence-corrected chi connectivity index (χ0v) is 14.7. The van der Waals surface area contributed by atoms with Gasteiger partial charge in [-0.15, -0.1) is 0 Å². The maximum Gasteiger partial charge on any atom is 0.275 e. The van der Waals surface area contributed by atoms with Crippen molar-refractivity contribution in [1.82, 2.24) is 9.78 Å². The van der Waals surface area contributed by atoms with Crippen LogP contribution in [-0.2, 0) is 16.1 Å². The Morgan fingerprint density at radius 1 is 1.11 bits per heavy atom. The van der Waals surface area contributed by atoms with Crippen LogP contribution >= 0.6 is 0 Å². The number of hydrogen-bond acceptors (Lipinski definition) is 4. The highest BCUT2D eigenvalue weighted by atomic mass is 19.1. The second-order valence-corrected chi connectivity index (χ2v) is 6.02. The molecule has 0 unspecified atom stereocenters. The quantitative estimate of drug-likeness (QED) is 0.740. The fourth-order valence-corrected chi connectivity index (χ4v) is 2.74. The average Bonchev–Trinajstić information content (AvgIpc) is 2.62. The summed E-state index contributed by atoms with van der Waals surface area (Å²) in [5, 5.41) is 10.3. The molecule has 27 heavy (non-hydrogen) atoms. The van der Waals surface area contributed by atoms with Crippen LogP contribution in [0.4, 0.5) is 15.8 Å². The Hall–Kier alpha value is -3.55. The van der Waals surface area contributed by atoms with Crippen LogP contribution in [0.3, 0.4) is 0 Å². The van der Waals surface area contributed by atoms with E-state index >= 15 is 0 Å². The van der Waals surface area contributed by atoms with Gasteiger partial charge in [0.1, 0.15) is 12.4 Å². The van der Waals surface area contributed by atoms with Gasteiger partial charge in [0.25, 0.3) is 5.56 Å². The van der Waals surface area contributed by atoms with Crippen LogP contribution in [0.25, 0.3) is 10.8 Å². The Morgan fingerprint density at radius 2 is 1.81 bits per heavy atom. The summed E-state index contributed by atoms with van der Waals surface area (Å²) in [5.41, 5.74) is 0.505. The Morgan fingerprint density at radius 3 is 2.52 bits per heavy atom. The fraction of sp³-hybridized carbons (Fsp3) is 0.158. The van der Waals surface area contributed by atoms with E-state index in [4.69, 9.17) is 0 Å². The lowest BCUT2D eigenvalue weighted by Gasteiger charge is -2.11. The highest BCUT2D eigenvalue weighted by molar-refractivity contribution is 5.93. The fourth-order valence-electron chi connectivity index (χ4n) is 2.74. The molecular weight excluding hydrogens is 351 g/mol. The third-order valence-electron chi connectivity index (χ3n) is 3.91. The van der Waals surface area contributed by atoms with Gasteiger partial charge in [0.05, 0.1) is 16.8 Å². The number of halogens is 1. The molecule has 0 saturated carbocycles. The number of nitrogens with one attached hydrogen (secondary N) is 2. The van der Waals surface area contributed by atoms with Crippen LogP contribution in [0.2, 0.25) is 0 Å². The molecule has 1 aromatic heterocycles. The van der Waals surface area contributed by atoms with Crippen molar-refractivity contribution in [2.45, 2.75) is 20.4 Å². The number of amides is 2. The molecule has 3 aromatic rings. The Labute approximate surface area is 153 Å². The molecule has 0 radical (unpaired) electrons.